The number of hydrogen-bond donors (Lipinski definition) is 1. The predicted octanol–water partition coefficient (Wildman–Crippen LogP) is 1.23. The van der Waals surface area contributed by atoms with Crippen molar-refractivity contribution in [2.45, 2.75) is 6.04 Å². The van der Waals surface area contributed by atoms with E-state index in [4.69, 9.17) is 20.5 Å². The van der Waals surface area contributed by atoms with Gasteiger partial charge in [-0.15, -0.1) is 0 Å². The minimum Gasteiger partial charge on any atom is -0.497 e. The molecule has 74 valence electrons. The largest absolute Gasteiger partial charge is 0.497 e. The predicted molar refractivity (Wildman–Crippen MR) is 52.1 cm³/mol. The topological polar surface area (TPSA) is 68.3 Å². The van der Waals surface area contributed by atoms with Crippen LogP contribution in [-0.2, 0) is 0 Å². The number of nitriles is 1. The quantitative estimate of drug-likeness (QED) is 0.782. The Hall–Kier alpha value is -1.73. The summed E-state index contributed by atoms with van der Waals surface area (Å²) in [5, 5.41) is 8.66. The maximum atomic E-state index is 8.66. The van der Waals surface area contributed by atoms with Crippen molar-refractivity contribution in [1.29, 1.82) is 5.26 Å². The van der Waals surface area contributed by atoms with Gasteiger partial charge in [0.2, 0.25) is 0 Å². The lowest BCUT2D eigenvalue weighted by Gasteiger charge is -2.09. The summed E-state index contributed by atoms with van der Waals surface area (Å²) in [4.78, 5) is 0. The summed E-state index contributed by atoms with van der Waals surface area (Å²) in [6.45, 7) is 0. The van der Waals surface area contributed by atoms with E-state index in [9.17, 15) is 0 Å². The fourth-order valence-electron chi connectivity index (χ4n) is 1.08. The van der Waals surface area contributed by atoms with Crippen LogP contribution in [0.5, 0.6) is 11.5 Å². The van der Waals surface area contributed by atoms with Crippen molar-refractivity contribution < 1.29 is 9.47 Å². The molecule has 0 aliphatic carbocycles. The molecular formula is C10H12N2O2. The monoisotopic (exact) mass is 192 g/mol. The van der Waals surface area contributed by atoms with Gasteiger partial charge in [-0.1, -0.05) is 0 Å². The summed E-state index contributed by atoms with van der Waals surface area (Å²) in [6.07, 6.45) is 0. The number of benzene rings is 1. The van der Waals surface area contributed by atoms with Crippen molar-refractivity contribution in [3.8, 4) is 17.6 Å². The van der Waals surface area contributed by atoms with Crippen molar-refractivity contribution >= 4 is 0 Å². The van der Waals surface area contributed by atoms with Crippen LogP contribution in [-0.4, -0.2) is 14.2 Å². The lowest BCUT2D eigenvalue weighted by molar-refractivity contribution is 0.393. The molecule has 0 aliphatic heterocycles. The Morgan fingerprint density at radius 3 is 2.07 bits per heavy atom. The zero-order chi connectivity index (χ0) is 10.6. The van der Waals surface area contributed by atoms with Gasteiger partial charge in [-0.3, -0.25) is 0 Å². The highest BCUT2D eigenvalue weighted by atomic mass is 16.5. The van der Waals surface area contributed by atoms with Crippen molar-refractivity contribution in [3.05, 3.63) is 23.8 Å². The molecule has 0 aliphatic rings. The van der Waals surface area contributed by atoms with Crippen LogP contribution in [0.1, 0.15) is 11.6 Å². The molecule has 0 amide bonds. The molecule has 0 fully saturated rings. The molecule has 1 unspecified atom stereocenters. The van der Waals surface area contributed by atoms with Crippen molar-refractivity contribution in [2.75, 3.05) is 14.2 Å². The first-order valence-electron chi connectivity index (χ1n) is 4.09. The molecule has 0 aromatic heterocycles. The molecule has 0 bridgehead atoms. The smallest absolute Gasteiger partial charge is 0.122 e. The molecule has 4 nitrogen and oxygen atoms in total. The molecule has 1 rings (SSSR count). The van der Waals surface area contributed by atoms with Gasteiger partial charge in [-0.25, -0.2) is 0 Å². The van der Waals surface area contributed by atoms with Crippen molar-refractivity contribution in [3.63, 3.8) is 0 Å². The SMILES string of the molecule is COc1cc(OC)cc(C(N)C#N)c1. The second-order valence-corrected chi connectivity index (χ2v) is 2.75. The van der Waals surface area contributed by atoms with Gasteiger partial charge in [-0.05, 0) is 17.7 Å². The second-order valence-electron chi connectivity index (χ2n) is 2.75. The minimum absolute atomic E-state index is 0.630. The summed E-state index contributed by atoms with van der Waals surface area (Å²) in [5.41, 5.74) is 6.25. The molecule has 0 spiro atoms. The molecule has 1 aromatic carbocycles. The molecule has 0 saturated heterocycles. The molecule has 0 heterocycles. The van der Waals surface area contributed by atoms with E-state index in [0.717, 1.165) is 0 Å². The Bertz CT molecular complexity index is 335. The third-order valence-corrected chi connectivity index (χ3v) is 1.87. The van der Waals surface area contributed by atoms with Crippen LogP contribution in [0.15, 0.2) is 18.2 Å². The fourth-order valence-corrected chi connectivity index (χ4v) is 1.08. The number of methoxy groups -OCH3 is 2. The third-order valence-electron chi connectivity index (χ3n) is 1.87. The summed E-state index contributed by atoms with van der Waals surface area (Å²) in [5.74, 6) is 1.26. The second kappa shape index (κ2) is 4.49. The summed E-state index contributed by atoms with van der Waals surface area (Å²) >= 11 is 0. The Kier molecular flexibility index (Phi) is 3.32. The normalized spacial score (nSPS) is 11.6. The van der Waals surface area contributed by atoms with Gasteiger partial charge in [0.05, 0.1) is 20.3 Å². The van der Waals surface area contributed by atoms with Gasteiger partial charge in [0.1, 0.15) is 17.5 Å². The van der Waals surface area contributed by atoms with E-state index in [1.807, 2.05) is 6.07 Å². The summed E-state index contributed by atoms with van der Waals surface area (Å²) < 4.78 is 10.1. The first-order valence-corrected chi connectivity index (χ1v) is 4.09. The Morgan fingerprint density at radius 1 is 1.21 bits per heavy atom. The van der Waals surface area contributed by atoms with Gasteiger partial charge < -0.3 is 15.2 Å². The highest BCUT2D eigenvalue weighted by molar-refractivity contribution is 5.41. The van der Waals surface area contributed by atoms with Crippen LogP contribution < -0.4 is 15.2 Å². The molecule has 14 heavy (non-hydrogen) atoms. The lowest BCUT2D eigenvalue weighted by Crippen LogP contribution is -2.07. The van der Waals surface area contributed by atoms with Crippen molar-refractivity contribution in [2.24, 2.45) is 5.73 Å². The molecule has 0 saturated carbocycles. The highest BCUT2D eigenvalue weighted by Gasteiger charge is 2.08. The molecular weight excluding hydrogens is 180 g/mol. The minimum atomic E-state index is -0.654. The first-order chi connectivity index (χ1) is 6.71. The van der Waals surface area contributed by atoms with E-state index in [0.29, 0.717) is 17.1 Å². The average molecular weight is 192 g/mol. The Balaban J connectivity index is 3.12. The summed E-state index contributed by atoms with van der Waals surface area (Å²) in [6, 6.07) is 6.46. The van der Waals surface area contributed by atoms with E-state index < -0.39 is 6.04 Å². The number of ether oxygens (including phenoxy) is 2. The van der Waals surface area contributed by atoms with Crippen LogP contribution in [0.25, 0.3) is 0 Å². The van der Waals surface area contributed by atoms with Gasteiger partial charge in [-0.2, -0.15) is 5.26 Å². The zero-order valence-electron chi connectivity index (χ0n) is 8.15. The number of nitrogens with zero attached hydrogens (tertiary/aromatic N) is 1. The van der Waals surface area contributed by atoms with Crippen LogP contribution in [0.4, 0.5) is 0 Å². The Labute approximate surface area is 82.9 Å². The van der Waals surface area contributed by atoms with Gasteiger partial charge in [0, 0.05) is 6.07 Å². The standard InChI is InChI=1S/C10H12N2O2/c1-13-8-3-7(10(12)6-11)4-9(5-8)14-2/h3-5,10H,12H2,1-2H3. The molecule has 0 radical (unpaired) electrons. The lowest BCUT2D eigenvalue weighted by atomic mass is 10.1. The van der Waals surface area contributed by atoms with Crippen LogP contribution in [0, 0.1) is 11.3 Å². The number of hydrogen-bond acceptors (Lipinski definition) is 4. The zero-order valence-corrected chi connectivity index (χ0v) is 8.15. The van der Waals surface area contributed by atoms with E-state index in [2.05, 4.69) is 0 Å². The first kappa shape index (κ1) is 10.4. The van der Waals surface area contributed by atoms with E-state index in [1.165, 1.54) is 0 Å². The number of nitrogens with two attached hydrogens (primary N) is 1. The highest BCUT2D eigenvalue weighted by Crippen LogP contribution is 2.25. The van der Waals surface area contributed by atoms with Gasteiger partial charge >= 0.3 is 0 Å². The van der Waals surface area contributed by atoms with Gasteiger partial charge in [0.25, 0.3) is 0 Å². The van der Waals surface area contributed by atoms with E-state index in [1.54, 1.807) is 32.4 Å². The molecule has 1 aromatic rings. The van der Waals surface area contributed by atoms with E-state index >= 15 is 0 Å². The third kappa shape index (κ3) is 2.15. The average Bonchev–Trinajstić information content (AvgIpc) is 2.27. The molecule has 2 N–H and O–H groups in total. The molecule has 1 atom stereocenters. The van der Waals surface area contributed by atoms with Crippen LogP contribution in [0.2, 0.25) is 0 Å². The van der Waals surface area contributed by atoms with Crippen LogP contribution in [0.3, 0.4) is 0 Å². The maximum Gasteiger partial charge on any atom is 0.122 e. The van der Waals surface area contributed by atoms with Crippen molar-refractivity contribution in [1.82, 2.24) is 0 Å². The summed E-state index contributed by atoms with van der Waals surface area (Å²) in [7, 11) is 3.10. The molecule has 4 heteroatoms. The Morgan fingerprint density at radius 2 is 1.71 bits per heavy atom. The van der Waals surface area contributed by atoms with Crippen LogP contribution >= 0.6 is 0 Å². The number of rotatable bonds is 3. The fraction of sp³-hybridized carbons (Fsp3) is 0.300. The maximum absolute atomic E-state index is 8.66. The van der Waals surface area contributed by atoms with E-state index in [-0.39, 0.29) is 0 Å². The van der Waals surface area contributed by atoms with Gasteiger partial charge in [0.15, 0.2) is 0 Å².